The second kappa shape index (κ2) is 5.67. The fourth-order valence-corrected chi connectivity index (χ4v) is 1.46. The first kappa shape index (κ1) is 11.9. The Labute approximate surface area is 104 Å². The minimum Gasteiger partial charge on any atom is -0.456 e. The largest absolute Gasteiger partial charge is 0.456 e. The molecule has 0 aliphatic rings. The van der Waals surface area contributed by atoms with Gasteiger partial charge in [0.25, 0.3) is 0 Å². The highest BCUT2D eigenvalue weighted by Crippen LogP contribution is 2.10. The quantitative estimate of drug-likeness (QED) is 0.623. The summed E-state index contributed by atoms with van der Waals surface area (Å²) in [6.07, 6.45) is 2.07. The predicted octanol–water partition coefficient (Wildman–Crippen LogP) is 1.94. The SMILES string of the molecule is O=CNc1c[nH]c(C(=O)OCc2ccccc2)c1. The normalized spacial score (nSPS) is 9.78. The Balaban J connectivity index is 1.93. The van der Waals surface area contributed by atoms with Crippen molar-refractivity contribution in [2.45, 2.75) is 6.61 Å². The Kier molecular flexibility index (Phi) is 3.76. The molecule has 1 aromatic carbocycles. The van der Waals surface area contributed by atoms with Crippen LogP contribution in [0.1, 0.15) is 16.1 Å². The summed E-state index contributed by atoms with van der Waals surface area (Å²) in [6.45, 7) is 0.217. The molecule has 2 N–H and O–H groups in total. The van der Waals surface area contributed by atoms with Crippen LogP contribution in [0.25, 0.3) is 0 Å². The van der Waals surface area contributed by atoms with Gasteiger partial charge in [0.15, 0.2) is 0 Å². The van der Waals surface area contributed by atoms with Crippen LogP contribution in [-0.4, -0.2) is 17.4 Å². The molecule has 1 heterocycles. The molecule has 0 atom stereocenters. The third-order valence-corrected chi connectivity index (χ3v) is 2.34. The zero-order valence-electron chi connectivity index (χ0n) is 9.55. The van der Waals surface area contributed by atoms with E-state index in [4.69, 9.17) is 4.74 Å². The molecule has 0 unspecified atom stereocenters. The molecule has 0 spiro atoms. The Morgan fingerprint density at radius 2 is 2.11 bits per heavy atom. The van der Waals surface area contributed by atoms with E-state index in [1.807, 2.05) is 30.3 Å². The zero-order valence-corrected chi connectivity index (χ0v) is 9.55. The van der Waals surface area contributed by atoms with Crippen molar-refractivity contribution in [1.82, 2.24) is 4.98 Å². The first-order valence-electron chi connectivity index (χ1n) is 5.39. The number of esters is 1. The number of benzene rings is 1. The molecule has 0 bridgehead atoms. The highest BCUT2D eigenvalue weighted by atomic mass is 16.5. The number of anilines is 1. The third kappa shape index (κ3) is 2.98. The lowest BCUT2D eigenvalue weighted by Gasteiger charge is -2.02. The molecule has 0 fully saturated rings. The molecule has 0 aliphatic heterocycles. The highest BCUT2D eigenvalue weighted by Gasteiger charge is 2.09. The number of aromatic nitrogens is 1. The molecular formula is C13H12N2O3. The maximum Gasteiger partial charge on any atom is 0.355 e. The maximum atomic E-state index is 11.7. The van der Waals surface area contributed by atoms with Gasteiger partial charge < -0.3 is 15.0 Å². The van der Waals surface area contributed by atoms with Crippen molar-refractivity contribution in [2.24, 2.45) is 0 Å². The van der Waals surface area contributed by atoms with Gasteiger partial charge >= 0.3 is 5.97 Å². The summed E-state index contributed by atoms with van der Waals surface area (Å²) in [5, 5.41) is 2.44. The van der Waals surface area contributed by atoms with Crippen molar-refractivity contribution < 1.29 is 14.3 Å². The summed E-state index contributed by atoms with van der Waals surface area (Å²) in [5.74, 6) is -0.460. The molecule has 0 aliphatic carbocycles. The molecular weight excluding hydrogens is 232 g/mol. The number of hydrogen-bond acceptors (Lipinski definition) is 3. The Morgan fingerprint density at radius 3 is 2.83 bits per heavy atom. The van der Waals surface area contributed by atoms with Crippen LogP contribution >= 0.6 is 0 Å². The molecule has 1 amide bonds. The number of rotatable bonds is 5. The van der Waals surface area contributed by atoms with Gasteiger partial charge in [-0.3, -0.25) is 4.79 Å². The standard InChI is InChI=1S/C13H12N2O3/c16-9-15-11-6-12(14-7-11)13(17)18-8-10-4-2-1-3-5-10/h1-7,9,14H,8H2,(H,15,16). The molecule has 0 saturated heterocycles. The van der Waals surface area contributed by atoms with E-state index >= 15 is 0 Å². The van der Waals surface area contributed by atoms with Crippen molar-refractivity contribution in [1.29, 1.82) is 0 Å². The average Bonchev–Trinajstić information content (AvgIpc) is 2.86. The molecule has 5 heteroatoms. The third-order valence-electron chi connectivity index (χ3n) is 2.34. The van der Waals surface area contributed by atoms with Crippen LogP contribution in [0.5, 0.6) is 0 Å². The van der Waals surface area contributed by atoms with E-state index < -0.39 is 5.97 Å². The van der Waals surface area contributed by atoms with Crippen LogP contribution in [0.3, 0.4) is 0 Å². The van der Waals surface area contributed by atoms with Gasteiger partial charge in [0.05, 0.1) is 5.69 Å². The zero-order chi connectivity index (χ0) is 12.8. The molecule has 18 heavy (non-hydrogen) atoms. The topological polar surface area (TPSA) is 71.2 Å². The van der Waals surface area contributed by atoms with Crippen LogP contribution < -0.4 is 5.32 Å². The Bertz CT molecular complexity index is 534. The second-order valence-electron chi connectivity index (χ2n) is 3.63. The van der Waals surface area contributed by atoms with E-state index in [1.165, 1.54) is 12.3 Å². The number of hydrogen-bond donors (Lipinski definition) is 2. The summed E-state index contributed by atoms with van der Waals surface area (Å²) >= 11 is 0. The second-order valence-corrected chi connectivity index (χ2v) is 3.63. The van der Waals surface area contributed by atoms with Gasteiger partial charge in [-0.05, 0) is 11.6 Å². The monoisotopic (exact) mass is 244 g/mol. The lowest BCUT2D eigenvalue weighted by molar-refractivity contribution is -0.105. The average molecular weight is 244 g/mol. The lowest BCUT2D eigenvalue weighted by atomic mass is 10.2. The number of H-pyrrole nitrogens is 1. The van der Waals surface area contributed by atoms with Crippen molar-refractivity contribution in [3.8, 4) is 0 Å². The number of ether oxygens (including phenoxy) is 1. The van der Waals surface area contributed by atoms with E-state index in [9.17, 15) is 9.59 Å². The van der Waals surface area contributed by atoms with Crippen LogP contribution in [-0.2, 0) is 16.1 Å². The van der Waals surface area contributed by atoms with Gasteiger partial charge in [0.2, 0.25) is 6.41 Å². The van der Waals surface area contributed by atoms with Crippen molar-refractivity contribution >= 4 is 18.1 Å². The van der Waals surface area contributed by atoms with Crippen molar-refractivity contribution in [2.75, 3.05) is 5.32 Å². The first-order valence-corrected chi connectivity index (χ1v) is 5.39. The van der Waals surface area contributed by atoms with E-state index in [0.717, 1.165) is 5.56 Å². The summed E-state index contributed by atoms with van der Waals surface area (Å²) in [6, 6.07) is 10.9. The number of carbonyl (C=O) groups is 2. The van der Waals surface area contributed by atoms with Crippen LogP contribution in [0.4, 0.5) is 5.69 Å². The van der Waals surface area contributed by atoms with Gasteiger partial charge in [-0.1, -0.05) is 30.3 Å². The fraction of sp³-hybridized carbons (Fsp3) is 0.0769. The Hall–Kier alpha value is -2.56. The molecule has 0 saturated carbocycles. The summed E-state index contributed by atoms with van der Waals surface area (Å²) in [4.78, 5) is 24.6. The van der Waals surface area contributed by atoms with E-state index in [2.05, 4.69) is 10.3 Å². The van der Waals surface area contributed by atoms with Gasteiger partial charge in [0.1, 0.15) is 12.3 Å². The fourth-order valence-electron chi connectivity index (χ4n) is 1.46. The molecule has 1 aromatic heterocycles. The molecule has 0 radical (unpaired) electrons. The van der Waals surface area contributed by atoms with E-state index in [1.54, 1.807) is 0 Å². The molecule has 92 valence electrons. The number of nitrogens with one attached hydrogen (secondary N) is 2. The van der Waals surface area contributed by atoms with E-state index in [-0.39, 0.29) is 6.61 Å². The Morgan fingerprint density at radius 1 is 1.33 bits per heavy atom. The van der Waals surface area contributed by atoms with E-state index in [0.29, 0.717) is 17.8 Å². The maximum absolute atomic E-state index is 11.7. The van der Waals surface area contributed by atoms with Crippen LogP contribution in [0, 0.1) is 0 Å². The number of amides is 1. The summed E-state index contributed by atoms with van der Waals surface area (Å²) in [7, 11) is 0. The van der Waals surface area contributed by atoms with Crippen LogP contribution in [0.2, 0.25) is 0 Å². The number of carbonyl (C=O) groups excluding carboxylic acids is 2. The molecule has 2 aromatic rings. The molecule has 5 nitrogen and oxygen atoms in total. The minimum atomic E-state index is -0.460. The smallest absolute Gasteiger partial charge is 0.355 e. The summed E-state index contributed by atoms with van der Waals surface area (Å²) in [5.41, 5.74) is 1.75. The number of aromatic amines is 1. The van der Waals surface area contributed by atoms with Crippen LogP contribution in [0.15, 0.2) is 42.6 Å². The lowest BCUT2D eigenvalue weighted by Crippen LogP contribution is -2.05. The summed E-state index contributed by atoms with van der Waals surface area (Å²) < 4.78 is 5.12. The molecule has 2 rings (SSSR count). The van der Waals surface area contributed by atoms with Gasteiger partial charge in [0, 0.05) is 6.20 Å². The predicted molar refractivity (Wildman–Crippen MR) is 66.0 cm³/mol. The van der Waals surface area contributed by atoms with Gasteiger partial charge in [-0.15, -0.1) is 0 Å². The van der Waals surface area contributed by atoms with Gasteiger partial charge in [-0.25, -0.2) is 4.79 Å². The van der Waals surface area contributed by atoms with Crippen molar-refractivity contribution in [3.05, 3.63) is 53.9 Å². The van der Waals surface area contributed by atoms with Gasteiger partial charge in [-0.2, -0.15) is 0 Å². The van der Waals surface area contributed by atoms with Crippen molar-refractivity contribution in [3.63, 3.8) is 0 Å². The highest BCUT2D eigenvalue weighted by molar-refractivity contribution is 5.89. The minimum absolute atomic E-state index is 0.217. The first-order chi connectivity index (χ1) is 8.79.